The van der Waals surface area contributed by atoms with Crippen molar-refractivity contribution < 1.29 is 49.3 Å². The second-order valence-electron chi connectivity index (χ2n) is 24.3. The zero-order valence-corrected chi connectivity index (χ0v) is 52.0. The van der Waals surface area contributed by atoms with E-state index in [0.717, 1.165) is 57.8 Å². The predicted molar refractivity (Wildman–Crippen MR) is 329 cm³/mol. The zero-order valence-electron chi connectivity index (χ0n) is 52.0. The highest BCUT2D eigenvalue weighted by atomic mass is 16.7. The highest BCUT2D eigenvalue weighted by molar-refractivity contribution is 5.80. The fourth-order valence-electron chi connectivity index (χ4n) is 11.2. The Bertz CT molecular complexity index is 1340. The number of aliphatic hydroxyl groups excluding tert-OH is 5. The highest BCUT2D eigenvalue weighted by Crippen LogP contribution is 2.26. The lowest BCUT2D eigenvalue weighted by Gasteiger charge is -2.41. The van der Waals surface area contributed by atoms with Crippen LogP contribution in [0.25, 0.3) is 0 Å². The van der Waals surface area contributed by atoms with Crippen LogP contribution in [0.2, 0.25) is 0 Å². The lowest BCUT2D eigenvalue weighted by atomic mass is 9.99. The van der Waals surface area contributed by atoms with Crippen LogP contribution >= 0.6 is 0 Å². The lowest BCUT2D eigenvalue weighted by Crippen LogP contribution is -2.61. The first-order chi connectivity index (χ1) is 38.7. The number of ether oxygens (including phenoxy) is 3. The van der Waals surface area contributed by atoms with Gasteiger partial charge in [0.2, 0.25) is 5.91 Å². The SMILES string of the molecule is CCCCCCCCCCCCC/C=C/C(O)C(COC1OC(CO)C(O)C(O)C1OC(=O)CCCCCCCCCCCCC)NC(=O)C(O)CCCCCCCCCCCCCCCCCCCCCCCCCCCC. The molecule has 0 aliphatic carbocycles. The van der Waals surface area contributed by atoms with E-state index >= 15 is 0 Å². The summed E-state index contributed by atoms with van der Waals surface area (Å²) in [4.78, 5) is 26.5. The Morgan fingerprint density at radius 3 is 1.19 bits per heavy atom. The molecule has 0 saturated carbocycles. The summed E-state index contributed by atoms with van der Waals surface area (Å²) >= 11 is 0. The van der Waals surface area contributed by atoms with Crippen LogP contribution in [-0.2, 0) is 23.8 Å². The van der Waals surface area contributed by atoms with E-state index in [1.165, 1.54) is 244 Å². The van der Waals surface area contributed by atoms with Crippen LogP contribution < -0.4 is 5.32 Å². The number of carbonyl (C=O) groups is 2. The molecule has 0 aromatic rings. The summed E-state index contributed by atoms with van der Waals surface area (Å²) < 4.78 is 17.6. The Kier molecular flexibility index (Phi) is 54.3. The molecular weight excluding hydrogens is 991 g/mol. The minimum atomic E-state index is -1.61. The van der Waals surface area contributed by atoms with Gasteiger partial charge in [0.25, 0.3) is 0 Å². The van der Waals surface area contributed by atoms with E-state index in [1.807, 2.05) is 6.08 Å². The van der Waals surface area contributed by atoms with Gasteiger partial charge in [-0.3, -0.25) is 9.59 Å². The Balaban J connectivity index is 2.53. The van der Waals surface area contributed by atoms with Crippen LogP contribution in [0, 0.1) is 0 Å². The van der Waals surface area contributed by atoms with Crippen LogP contribution in [-0.4, -0.2) is 99.6 Å². The normalized spacial score (nSPS) is 18.8. The van der Waals surface area contributed by atoms with Gasteiger partial charge < -0.3 is 45.1 Å². The van der Waals surface area contributed by atoms with Gasteiger partial charge in [0.05, 0.1) is 25.4 Å². The van der Waals surface area contributed by atoms with Gasteiger partial charge in [-0.2, -0.15) is 0 Å². The molecule has 1 saturated heterocycles. The molecule has 1 aliphatic heterocycles. The predicted octanol–water partition coefficient (Wildman–Crippen LogP) is 17.1. The molecule has 6 N–H and O–H groups in total. The maximum atomic E-state index is 13.5. The first-order valence-electron chi connectivity index (χ1n) is 34.5. The molecule has 11 nitrogen and oxygen atoms in total. The smallest absolute Gasteiger partial charge is 0.306 e. The summed E-state index contributed by atoms with van der Waals surface area (Å²) in [5, 5.41) is 57.1. The largest absolute Gasteiger partial charge is 0.454 e. The van der Waals surface area contributed by atoms with Crippen molar-refractivity contribution in [2.75, 3.05) is 13.2 Å². The Hall–Kier alpha value is -1.60. The van der Waals surface area contributed by atoms with Crippen molar-refractivity contribution in [3.05, 3.63) is 12.2 Å². The molecule has 8 unspecified atom stereocenters. The fourth-order valence-corrected chi connectivity index (χ4v) is 11.2. The van der Waals surface area contributed by atoms with Gasteiger partial charge >= 0.3 is 5.97 Å². The molecule has 1 rings (SSSR count). The first-order valence-corrected chi connectivity index (χ1v) is 34.5. The highest BCUT2D eigenvalue weighted by Gasteiger charge is 2.47. The number of unbranched alkanes of at least 4 members (excludes halogenated alkanes) is 46. The molecule has 0 spiro atoms. The molecule has 1 fully saturated rings. The van der Waals surface area contributed by atoms with E-state index in [-0.39, 0.29) is 13.0 Å². The van der Waals surface area contributed by atoms with E-state index < -0.39 is 67.4 Å². The van der Waals surface area contributed by atoms with Crippen molar-refractivity contribution in [3.63, 3.8) is 0 Å². The number of amides is 1. The molecular formula is C68H131NO10. The third kappa shape index (κ3) is 44.6. The number of rotatable bonds is 60. The molecule has 0 aromatic heterocycles. The van der Waals surface area contributed by atoms with Gasteiger partial charge in [-0.15, -0.1) is 0 Å². The molecule has 79 heavy (non-hydrogen) atoms. The molecule has 11 heteroatoms. The number of hydrogen-bond donors (Lipinski definition) is 6. The van der Waals surface area contributed by atoms with Crippen molar-refractivity contribution >= 4 is 11.9 Å². The minimum Gasteiger partial charge on any atom is -0.454 e. The van der Waals surface area contributed by atoms with Gasteiger partial charge in [-0.1, -0.05) is 328 Å². The number of esters is 1. The summed E-state index contributed by atoms with van der Waals surface area (Å²) in [6.45, 7) is 5.83. The van der Waals surface area contributed by atoms with Gasteiger partial charge in [0.1, 0.15) is 24.4 Å². The first kappa shape index (κ1) is 75.4. The number of hydrogen-bond acceptors (Lipinski definition) is 10. The van der Waals surface area contributed by atoms with Crippen LogP contribution in [0.1, 0.15) is 348 Å². The number of nitrogens with one attached hydrogen (secondary N) is 1. The van der Waals surface area contributed by atoms with Crippen LogP contribution in [0.4, 0.5) is 0 Å². The maximum absolute atomic E-state index is 13.5. The van der Waals surface area contributed by atoms with E-state index in [4.69, 9.17) is 14.2 Å². The summed E-state index contributed by atoms with van der Waals surface area (Å²) in [5.41, 5.74) is 0. The summed E-state index contributed by atoms with van der Waals surface area (Å²) in [6, 6.07) is -1.02. The quantitative estimate of drug-likeness (QED) is 0.0195. The minimum absolute atomic E-state index is 0.130. The number of aliphatic hydroxyl groups is 5. The summed E-state index contributed by atoms with van der Waals surface area (Å²) in [6.07, 6.45) is 55.6. The van der Waals surface area contributed by atoms with E-state index in [1.54, 1.807) is 6.08 Å². The van der Waals surface area contributed by atoms with Crippen molar-refractivity contribution in [2.24, 2.45) is 0 Å². The molecule has 8 atom stereocenters. The van der Waals surface area contributed by atoms with Gasteiger partial charge in [-0.05, 0) is 25.7 Å². The number of carbonyl (C=O) groups excluding carboxylic acids is 2. The summed E-state index contributed by atoms with van der Waals surface area (Å²) in [7, 11) is 0. The van der Waals surface area contributed by atoms with E-state index in [0.29, 0.717) is 19.3 Å². The van der Waals surface area contributed by atoms with Crippen molar-refractivity contribution in [1.82, 2.24) is 5.32 Å². The Morgan fingerprint density at radius 1 is 0.481 bits per heavy atom. The molecule has 1 aliphatic rings. The lowest BCUT2D eigenvalue weighted by molar-refractivity contribution is -0.305. The number of allylic oxidation sites excluding steroid dienone is 1. The van der Waals surface area contributed by atoms with Gasteiger partial charge in [0, 0.05) is 6.42 Å². The molecule has 0 bridgehead atoms. The van der Waals surface area contributed by atoms with Gasteiger partial charge in [-0.25, -0.2) is 0 Å². The topological polar surface area (TPSA) is 175 Å². The average Bonchev–Trinajstić information content (AvgIpc) is 3.53. The van der Waals surface area contributed by atoms with Crippen molar-refractivity contribution in [2.45, 2.75) is 397 Å². The molecule has 1 amide bonds. The van der Waals surface area contributed by atoms with Gasteiger partial charge in [0.15, 0.2) is 12.4 Å². The van der Waals surface area contributed by atoms with Crippen LogP contribution in [0.15, 0.2) is 12.2 Å². The maximum Gasteiger partial charge on any atom is 0.306 e. The van der Waals surface area contributed by atoms with Crippen LogP contribution in [0.5, 0.6) is 0 Å². The molecule has 468 valence electrons. The molecule has 0 aromatic carbocycles. The second kappa shape index (κ2) is 56.9. The fraction of sp³-hybridized carbons (Fsp3) is 0.941. The Morgan fingerprint density at radius 2 is 0.823 bits per heavy atom. The third-order valence-electron chi connectivity index (χ3n) is 16.7. The van der Waals surface area contributed by atoms with Crippen molar-refractivity contribution in [3.8, 4) is 0 Å². The third-order valence-corrected chi connectivity index (χ3v) is 16.7. The summed E-state index contributed by atoms with van der Waals surface area (Å²) in [5.74, 6) is -1.18. The monoisotopic (exact) mass is 1120 g/mol. The van der Waals surface area contributed by atoms with E-state index in [9.17, 15) is 35.1 Å². The average molecular weight is 1120 g/mol. The second-order valence-corrected chi connectivity index (χ2v) is 24.3. The van der Waals surface area contributed by atoms with Crippen LogP contribution in [0.3, 0.4) is 0 Å². The molecule has 1 heterocycles. The Labute approximate surface area is 487 Å². The van der Waals surface area contributed by atoms with Crippen molar-refractivity contribution in [1.29, 1.82) is 0 Å². The zero-order chi connectivity index (χ0) is 57.5. The van der Waals surface area contributed by atoms with E-state index in [2.05, 4.69) is 26.1 Å². The molecule has 0 radical (unpaired) electrons. The standard InChI is InChI=1S/C68H131NO10/c1-4-7-10-13-16-19-22-24-25-26-27-28-29-30-31-32-33-34-35-36-38-41-43-46-49-52-55-61(72)67(76)69-59(60(71)54-51-48-45-42-40-37-23-20-17-14-11-8-5-2)58-77-68-66(65(75)64(74)62(57-70)78-68)79-63(73)56-53-50-47-44-39-21-18-15-12-9-6-3/h51,54,59-62,64-66,68,70-72,74-75H,4-50,52-53,55-58H2,1-3H3,(H,69,76)/b54-51+.